The molecule has 0 bridgehead atoms. The van der Waals surface area contributed by atoms with Crippen LogP contribution in [0.15, 0.2) is 96.8 Å². The number of likely N-dealkylation sites (N-methyl/N-ethyl adjacent to an activating group) is 1. The van der Waals surface area contributed by atoms with Crippen LogP contribution in [0.5, 0.6) is 17.2 Å². The average Bonchev–Trinajstić information content (AvgIpc) is 3.77. The highest BCUT2D eigenvalue weighted by Gasteiger charge is 2.45. The molecule has 3 heterocycles. The molecule has 4 aromatic rings. The SMILES string of the molecule is COc1ccc(CN(Cc2ccc(OC)cc2)S(=O)(=O)[C@H](C)[C@@H](C)C/C=C(\F)C(C(=O)N(C)CCN2CCOCC2)N2CCC[C@H]2CN2C[C@@]3(CCCc4cc(Cl)ccc43)COc3ccc(I)cc32)cc1. The van der Waals surface area contributed by atoms with Gasteiger partial charge in [0.1, 0.15) is 29.1 Å². The molecule has 384 valence electrons. The van der Waals surface area contributed by atoms with Crippen molar-refractivity contribution in [1.29, 1.82) is 0 Å². The number of benzene rings is 4. The molecule has 0 N–H and O–H groups in total. The van der Waals surface area contributed by atoms with E-state index in [9.17, 15) is 13.2 Å². The van der Waals surface area contributed by atoms with Gasteiger partial charge in [0, 0.05) is 79.5 Å². The maximum atomic E-state index is 17.6. The summed E-state index contributed by atoms with van der Waals surface area (Å²) in [6, 6.07) is 26.0. The Balaban J connectivity index is 1.07. The number of fused-ring (bicyclic) bond motifs is 3. The zero-order chi connectivity index (χ0) is 50.3. The molecular formula is C55H70ClFIN5O7S. The van der Waals surface area contributed by atoms with Crippen molar-refractivity contribution >= 4 is 55.8 Å². The highest BCUT2D eigenvalue weighted by atomic mass is 127. The molecule has 0 saturated carbocycles. The van der Waals surface area contributed by atoms with Gasteiger partial charge in [-0.2, -0.15) is 4.31 Å². The van der Waals surface area contributed by atoms with Crippen LogP contribution in [0.3, 0.4) is 0 Å². The molecule has 1 spiro atoms. The van der Waals surface area contributed by atoms with Gasteiger partial charge in [-0.1, -0.05) is 54.9 Å². The third-order valence-electron chi connectivity index (χ3n) is 15.3. The molecule has 0 radical (unpaired) electrons. The van der Waals surface area contributed by atoms with Gasteiger partial charge in [-0.25, -0.2) is 12.8 Å². The number of methoxy groups -OCH3 is 2. The number of sulfonamides is 1. The van der Waals surface area contributed by atoms with E-state index in [-0.39, 0.29) is 36.9 Å². The van der Waals surface area contributed by atoms with E-state index in [2.05, 4.69) is 67.6 Å². The largest absolute Gasteiger partial charge is 0.497 e. The van der Waals surface area contributed by atoms with E-state index in [1.54, 1.807) is 33.1 Å². The van der Waals surface area contributed by atoms with Gasteiger partial charge in [0.05, 0.1) is 45.0 Å². The van der Waals surface area contributed by atoms with Crippen molar-refractivity contribution in [3.63, 3.8) is 0 Å². The van der Waals surface area contributed by atoms with E-state index in [1.165, 1.54) is 21.5 Å². The van der Waals surface area contributed by atoms with Gasteiger partial charge in [-0.05, 0) is 157 Å². The summed E-state index contributed by atoms with van der Waals surface area (Å²) in [6.07, 6.45) is 6.12. The zero-order valence-electron chi connectivity index (χ0n) is 41.8. The summed E-state index contributed by atoms with van der Waals surface area (Å²) in [5, 5.41) is -0.149. The Morgan fingerprint density at radius 1 is 0.944 bits per heavy atom. The molecule has 3 aliphatic heterocycles. The van der Waals surface area contributed by atoms with Crippen molar-refractivity contribution in [3.05, 3.63) is 128 Å². The number of amides is 1. The summed E-state index contributed by atoms with van der Waals surface area (Å²) >= 11 is 8.90. The number of halogens is 3. The highest BCUT2D eigenvalue weighted by molar-refractivity contribution is 14.1. The molecule has 2 saturated heterocycles. The Bertz CT molecular complexity index is 2540. The quantitative estimate of drug-likeness (QED) is 0.0845. The number of aryl methyl sites for hydroxylation is 1. The summed E-state index contributed by atoms with van der Waals surface area (Å²) in [4.78, 5) is 23.4. The molecular weight excluding hydrogens is 1060 g/mol. The molecule has 71 heavy (non-hydrogen) atoms. The lowest BCUT2D eigenvalue weighted by molar-refractivity contribution is -0.135. The first-order valence-corrected chi connectivity index (χ1v) is 28.0. The minimum atomic E-state index is -3.95. The van der Waals surface area contributed by atoms with Gasteiger partial charge < -0.3 is 28.7 Å². The van der Waals surface area contributed by atoms with Crippen molar-refractivity contribution in [1.82, 2.24) is 19.0 Å². The van der Waals surface area contributed by atoms with Crippen molar-refractivity contribution in [2.45, 2.75) is 88.2 Å². The number of hydrogen-bond donors (Lipinski definition) is 0. The molecule has 1 amide bonds. The maximum absolute atomic E-state index is 17.6. The summed E-state index contributed by atoms with van der Waals surface area (Å²) in [5.74, 6) is 0.825. The smallest absolute Gasteiger partial charge is 0.246 e. The highest BCUT2D eigenvalue weighted by Crippen LogP contribution is 2.45. The molecule has 2 fully saturated rings. The Morgan fingerprint density at radius 3 is 2.28 bits per heavy atom. The molecule has 5 atom stereocenters. The molecule has 12 nitrogen and oxygen atoms in total. The van der Waals surface area contributed by atoms with Gasteiger partial charge in [-0.15, -0.1) is 0 Å². The molecule has 4 aromatic carbocycles. The minimum absolute atomic E-state index is 0.117. The standard InChI is InChI=1S/C55H70ClFIN5O7S/c1-39(40(2)71(65,66)62(34-41-11-17-47(67-4)18-12-41)35-42-13-19-48(68-5)20-14-42)10-22-50(57)53(54(64)59(3)26-27-60-28-30-69-31-29-60)63-25-7-9-46(63)36-61-37-55(38-70-52-23-16-45(58)33-51(52)61)24-6-8-43-32-44(56)15-21-49(43)55/h11-23,32-33,39-40,46,53H,6-10,24-31,34-38H2,1-5H3/b50-22-/t39-,40+,46-,53?,55-/m0/s1. The molecule has 8 rings (SSSR count). The van der Waals surface area contributed by atoms with Crippen LogP contribution in [0.1, 0.15) is 68.2 Å². The van der Waals surface area contributed by atoms with Gasteiger partial charge in [0.25, 0.3) is 0 Å². The molecule has 0 aromatic heterocycles. The van der Waals surface area contributed by atoms with Crippen LogP contribution in [-0.2, 0) is 44.5 Å². The van der Waals surface area contributed by atoms with Crippen molar-refractivity contribution in [2.75, 3.05) is 91.8 Å². The number of allylic oxidation sites excluding steroid dienone is 1. The first-order valence-electron chi connectivity index (χ1n) is 25.1. The lowest BCUT2D eigenvalue weighted by Crippen LogP contribution is -2.54. The van der Waals surface area contributed by atoms with Crippen LogP contribution >= 0.6 is 34.2 Å². The van der Waals surface area contributed by atoms with Crippen molar-refractivity contribution < 1.29 is 36.6 Å². The van der Waals surface area contributed by atoms with Gasteiger partial charge in [0.15, 0.2) is 0 Å². The van der Waals surface area contributed by atoms with E-state index in [4.69, 9.17) is 30.5 Å². The fourth-order valence-electron chi connectivity index (χ4n) is 10.8. The minimum Gasteiger partial charge on any atom is -0.497 e. The first kappa shape index (κ1) is 53.3. The van der Waals surface area contributed by atoms with E-state index < -0.39 is 33.1 Å². The zero-order valence-corrected chi connectivity index (χ0v) is 45.6. The normalized spacial score (nSPS) is 21.2. The number of carbonyl (C=O) groups excluding carboxylic acids is 1. The van der Waals surface area contributed by atoms with Crippen LogP contribution in [0, 0.1) is 9.49 Å². The summed E-state index contributed by atoms with van der Waals surface area (Å²) in [5.41, 5.74) is 4.85. The van der Waals surface area contributed by atoms with Gasteiger partial charge in [0.2, 0.25) is 15.9 Å². The first-order chi connectivity index (χ1) is 34.2. The maximum Gasteiger partial charge on any atom is 0.246 e. The van der Waals surface area contributed by atoms with E-state index in [0.29, 0.717) is 64.0 Å². The Hall–Kier alpha value is -3.97. The van der Waals surface area contributed by atoms with Gasteiger partial charge >= 0.3 is 0 Å². The van der Waals surface area contributed by atoms with Crippen LogP contribution in [-0.4, -0.2) is 138 Å². The molecule has 1 unspecified atom stereocenters. The van der Waals surface area contributed by atoms with Gasteiger partial charge in [-0.3, -0.25) is 14.6 Å². The fourth-order valence-corrected chi connectivity index (χ4v) is 13.3. The van der Waals surface area contributed by atoms with Crippen molar-refractivity contribution in [2.24, 2.45) is 5.92 Å². The summed E-state index contributed by atoms with van der Waals surface area (Å²) < 4.78 is 72.7. The predicted octanol–water partition coefficient (Wildman–Crippen LogP) is 9.36. The number of morpholine rings is 1. The summed E-state index contributed by atoms with van der Waals surface area (Å²) in [7, 11) is 1.01. The number of anilines is 1. The lowest BCUT2D eigenvalue weighted by Gasteiger charge is -2.42. The Morgan fingerprint density at radius 2 is 1.62 bits per heavy atom. The van der Waals surface area contributed by atoms with E-state index in [0.717, 1.165) is 76.4 Å². The predicted molar refractivity (Wildman–Crippen MR) is 288 cm³/mol. The van der Waals surface area contributed by atoms with Crippen molar-refractivity contribution in [3.8, 4) is 17.2 Å². The number of likely N-dealkylation sites (tertiary alicyclic amines) is 1. The van der Waals surface area contributed by atoms with E-state index >= 15 is 4.39 Å². The third kappa shape index (κ3) is 12.7. The Labute approximate surface area is 439 Å². The number of carbonyl (C=O) groups is 1. The second kappa shape index (κ2) is 23.9. The van der Waals surface area contributed by atoms with Crippen LogP contribution < -0.4 is 19.1 Å². The monoisotopic (exact) mass is 1130 g/mol. The number of nitrogens with zero attached hydrogens (tertiary/aromatic N) is 5. The number of hydrogen-bond acceptors (Lipinski definition) is 10. The fraction of sp³-hybridized carbons (Fsp3) is 0.509. The molecule has 1 aliphatic carbocycles. The van der Waals surface area contributed by atoms with Crippen LogP contribution in [0.4, 0.5) is 10.1 Å². The molecule has 4 aliphatic rings. The number of ether oxygens (including phenoxy) is 4. The Kier molecular flexibility index (Phi) is 18.0. The molecule has 16 heteroatoms. The summed E-state index contributed by atoms with van der Waals surface area (Å²) in [6.45, 7) is 10.1. The lowest BCUT2D eigenvalue weighted by atomic mass is 9.70. The third-order valence-corrected chi connectivity index (χ3v) is 18.6. The average molecular weight is 1130 g/mol. The number of rotatable bonds is 19. The van der Waals surface area contributed by atoms with Crippen LogP contribution in [0.2, 0.25) is 5.02 Å². The second-order valence-electron chi connectivity index (χ2n) is 19.9. The second-order valence-corrected chi connectivity index (χ2v) is 23.9. The van der Waals surface area contributed by atoms with Crippen LogP contribution in [0.25, 0.3) is 0 Å². The topological polar surface area (TPSA) is 104 Å². The van der Waals surface area contributed by atoms with E-state index in [1.807, 2.05) is 61.5 Å².